The smallest absolute Gasteiger partial charge is 0.192 e. The Morgan fingerprint density at radius 3 is 1.15 bits per heavy atom. The third-order valence-electron chi connectivity index (χ3n) is 4.79. The summed E-state index contributed by atoms with van der Waals surface area (Å²) in [6.45, 7) is 12.3. The Balaban J connectivity index is 4.88. The molecule has 0 amide bonds. The monoisotopic (exact) mass is 398 g/mol. The summed E-state index contributed by atoms with van der Waals surface area (Å²) in [6, 6.07) is 3.28. The Morgan fingerprint density at radius 2 is 0.926 bits per heavy atom. The number of hydrogen-bond donors (Lipinski definition) is 0. The molecule has 0 saturated heterocycles. The van der Waals surface area contributed by atoms with Crippen LogP contribution in [-0.2, 0) is 18.6 Å². The van der Waals surface area contributed by atoms with Crippen LogP contribution in [0.15, 0.2) is 37.0 Å². The standard InChI is InChI=1S/C22H42O4Si/c1-8-14-24-20(4)11-17-27(23-7,18-12-21(5)25-15-9-2)19-13-22(6)26-16-10-3/h8-10,14-16,20-22H,11-13,17-19H2,1-7H3. The van der Waals surface area contributed by atoms with Crippen molar-refractivity contribution < 1.29 is 18.6 Å². The van der Waals surface area contributed by atoms with E-state index in [1.54, 1.807) is 18.8 Å². The summed E-state index contributed by atoms with van der Waals surface area (Å²) in [5.74, 6) is 0. The van der Waals surface area contributed by atoms with E-state index in [1.165, 1.54) is 0 Å². The highest BCUT2D eigenvalue weighted by Gasteiger charge is 2.34. The zero-order valence-electron chi connectivity index (χ0n) is 18.6. The van der Waals surface area contributed by atoms with Crippen LogP contribution in [0.4, 0.5) is 0 Å². The Labute approximate surface area is 168 Å². The van der Waals surface area contributed by atoms with Crippen LogP contribution < -0.4 is 0 Å². The second-order valence-corrected chi connectivity index (χ2v) is 11.5. The molecule has 158 valence electrons. The summed E-state index contributed by atoms with van der Waals surface area (Å²) in [6.07, 6.45) is 14.8. The molecule has 0 spiro atoms. The van der Waals surface area contributed by atoms with Gasteiger partial charge in [0.1, 0.15) is 0 Å². The first kappa shape index (κ1) is 25.8. The van der Waals surface area contributed by atoms with E-state index in [1.807, 2.05) is 46.1 Å². The molecule has 4 nitrogen and oxygen atoms in total. The minimum atomic E-state index is -1.89. The van der Waals surface area contributed by atoms with Crippen molar-refractivity contribution in [2.24, 2.45) is 0 Å². The van der Waals surface area contributed by atoms with Gasteiger partial charge >= 0.3 is 0 Å². The lowest BCUT2D eigenvalue weighted by Crippen LogP contribution is -2.39. The average molecular weight is 399 g/mol. The van der Waals surface area contributed by atoms with E-state index in [2.05, 4.69) is 20.8 Å². The molecule has 0 saturated carbocycles. The Morgan fingerprint density at radius 1 is 0.630 bits per heavy atom. The Bertz CT molecular complexity index is 374. The van der Waals surface area contributed by atoms with E-state index in [9.17, 15) is 0 Å². The number of hydrogen-bond acceptors (Lipinski definition) is 4. The molecule has 0 bridgehead atoms. The first-order valence-corrected chi connectivity index (χ1v) is 12.8. The molecule has 3 atom stereocenters. The highest BCUT2D eigenvalue weighted by molar-refractivity contribution is 6.73. The van der Waals surface area contributed by atoms with Crippen molar-refractivity contribution in [1.29, 1.82) is 0 Å². The van der Waals surface area contributed by atoms with Crippen LogP contribution >= 0.6 is 0 Å². The summed E-state index contributed by atoms with van der Waals surface area (Å²) < 4.78 is 23.3. The molecular formula is C22H42O4Si. The van der Waals surface area contributed by atoms with Crippen LogP contribution in [0.1, 0.15) is 60.8 Å². The fourth-order valence-corrected chi connectivity index (χ4v) is 7.08. The third kappa shape index (κ3) is 12.7. The van der Waals surface area contributed by atoms with Crippen molar-refractivity contribution in [3.63, 3.8) is 0 Å². The van der Waals surface area contributed by atoms with Crippen molar-refractivity contribution in [3.05, 3.63) is 37.0 Å². The first-order valence-electron chi connectivity index (χ1n) is 10.3. The molecule has 0 fully saturated rings. The highest BCUT2D eigenvalue weighted by Crippen LogP contribution is 2.30. The van der Waals surface area contributed by atoms with Crippen molar-refractivity contribution in [2.45, 2.75) is 97.2 Å². The minimum Gasteiger partial charge on any atom is -0.499 e. The molecule has 0 aliphatic rings. The molecule has 0 aromatic heterocycles. The molecule has 27 heavy (non-hydrogen) atoms. The normalized spacial score (nSPS) is 17.9. The number of ether oxygens (including phenoxy) is 3. The maximum Gasteiger partial charge on any atom is 0.192 e. The van der Waals surface area contributed by atoms with E-state index in [-0.39, 0.29) is 18.3 Å². The van der Waals surface area contributed by atoms with Gasteiger partial charge in [-0.2, -0.15) is 0 Å². The van der Waals surface area contributed by atoms with Gasteiger partial charge in [0.25, 0.3) is 0 Å². The van der Waals surface area contributed by atoms with Crippen LogP contribution in [0.5, 0.6) is 0 Å². The van der Waals surface area contributed by atoms with Gasteiger partial charge in [0.2, 0.25) is 0 Å². The lowest BCUT2D eigenvalue weighted by molar-refractivity contribution is 0.148. The molecule has 0 radical (unpaired) electrons. The lowest BCUT2D eigenvalue weighted by Gasteiger charge is -2.32. The zero-order chi connectivity index (χ0) is 20.5. The molecule has 0 aliphatic carbocycles. The van der Waals surface area contributed by atoms with Crippen molar-refractivity contribution >= 4 is 8.32 Å². The van der Waals surface area contributed by atoms with Crippen LogP contribution in [-0.4, -0.2) is 33.7 Å². The fraction of sp³-hybridized carbons (Fsp3) is 0.727. The topological polar surface area (TPSA) is 36.9 Å². The van der Waals surface area contributed by atoms with E-state index in [0.29, 0.717) is 0 Å². The molecule has 3 unspecified atom stereocenters. The van der Waals surface area contributed by atoms with Gasteiger partial charge in [0.15, 0.2) is 8.32 Å². The van der Waals surface area contributed by atoms with E-state index in [0.717, 1.165) is 37.4 Å². The van der Waals surface area contributed by atoms with Crippen LogP contribution in [0, 0.1) is 0 Å². The Hall–Kier alpha value is -1.20. The van der Waals surface area contributed by atoms with E-state index >= 15 is 0 Å². The van der Waals surface area contributed by atoms with E-state index in [4.69, 9.17) is 18.6 Å². The second-order valence-electron chi connectivity index (χ2n) is 7.25. The van der Waals surface area contributed by atoms with Crippen LogP contribution in [0.2, 0.25) is 18.1 Å². The first-order chi connectivity index (χ1) is 12.9. The zero-order valence-corrected chi connectivity index (χ0v) is 19.6. The molecule has 0 heterocycles. The summed E-state index contributed by atoms with van der Waals surface area (Å²) in [5, 5.41) is 0. The molecule has 0 rings (SSSR count). The van der Waals surface area contributed by atoms with Crippen molar-refractivity contribution in [3.8, 4) is 0 Å². The van der Waals surface area contributed by atoms with Gasteiger partial charge in [-0.15, -0.1) is 0 Å². The van der Waals surface area contributed by atoms with Gasteiger partial charge in [-0.1, -0.05) is 18.2 Å². The van der Waals surface area contributed by atoms with Gasteiger partial charge in [0, 0.05) is 7.11 Å². The van der Waals surface area contributed by atoms with Gasteiger partial charge in [-0.3, -0.25) is 0 Å². The summed E-state index contributed by atoms with van der Waals surface area (Å²) in [5.41, 5.74) is 0. The maximum atomic E-state index is 6.22. The van der Waals surface area contributed by atoms with Crippen molar-refractivity contribution in [2.75, 3.05) is 7.11 Å². The van der Waals surface area contributed by atoms with Gasteiger partial charge < -0.3 is 18.6 Å². The largest absolute Gasteiger partial charge is 0.499 e. The Kier molecular flexibility index (Phi) is 15.1. The number of allylic oxidation sites excluding steroid dienone is 3. The predicted molar refractivity (Wildman–Crippen MR) is 117 cm³/mol. The average Bonchev–Trinajstić information content (AvgIpc) is 2.68. The molecule has 0 aromatic carbocycles. The highest BCUT2D eigenvalue weighted by atomic mass is 28.4. The predicted octanol–water partition coefficient (Wildman–Crippen LogP) is 6.56. The fourth-order valence-electron chi connectivity index (χ4n) is 2.92. The van der Waals surface area contributed by atoms with Gasteiger partial charge in [-0.05, 0) is 78.9 Å². The molecule has 0 N–H and O–H groups in total. The van der Waals surface area contributed by atoms with Gasteiger partial charge in [-0.25, -0.2) is 0 Å². The summed E-state index contributed by atoms with van der Waals surface area (Å²) in [7, 11) is -0.000212. The molecular weight excluding hydrogens is 356 g/mol. The molecule has 0 aliphatic heterocycles. The second kappa shape index (κ2) is 15.8. The quantitative estimate of drug-likeness (QED) is 0.218. The van der Waals surface area contributed by atoms with E-state index < -0.39 is 8.32 Å². The van der Waals surface area contributed by atoms with Crippen LogP contribution in [0.25, 0.3) is 0 Å². The molecule has 0 aromatic rings. The SMILES string of the molecule is CC=COC(C)CC[Si](CCC(C)OC=CC)(CCC(C)OC=CC)OC. The maximum absolute atomic E-state index is 6.22. The minimum absolute atomic E-state index is 0.205. The lowest BCUT2D eigenvalue weighted by atomic mass is 10.3. The van der Waals surface area contributed by atoms with Crippen molar-refractivity contribution in [1.82, 2.24) is 0 Å². The summed E-state index contributed by atoms with van der Waals surface area (Å²) >= 11 is 0. The third-order valence-corrected chi connectivity index (χ3v) is 9.26. The van der Waals surface area contributed by atoms with Gasteiger partial charge in [0.05, 0.1) is 37.1 Å². The molecule has 5 heteroatoms. The van der Waals surface area contributed by atoms with Crippen LogP contribution in [0.3, 0.4) is 0 Å². The summed E-state index contributed by atoms with van der Waals surface area (Å²) in [4.78, 5) is 0. The number of rotatable bonds is 16.